The van der Waals surface area contributed by atoms with Gasteiger partial charge in [0.1, 0.15) is 5.54 Å². The van der Waals surface area contributed by atoms with Gasteiger partial charge < -0.3 is 10.6 Å². The van der Waals surface area contributed by atoms with E-state index in [1.165, 1.54) is 4.88 Å². The number of carbonyl (C=O) groups excluding carboxylic acids is 1. The quantitative estimate of drug-likeness (QED) is 0.846. The van der Waals surface area contributed by atoms with Crippen molar-refractivity contribution in [3.05, 3.63) is 22.4 Å². The first-order chi connectivity index (χ1) is 10.3. The fraction of sp³-hybridized carbons (Fsp3) is 0.647. The topological polar surface area (TPSA) is 64.9 Å². The molecule has 1 saturated carbocycles. The highest BCUT2D eigenvalue weighted by Crippen LogP contribution is 2.39. The highest BCUT2D eigenvalue weighted by molar-refractivity contribution is 7.10. The Hall–Kier alpha value is -1.38. The lowest BCUT2D eigenvalue weighted by Crippen LogP contribution is -2.50. The molecule has 0 saturated heterocycles. The molecule has 2 atom stereocenters. The number of hydrogen-bond donors (Lipinski definition) is 2. The van der Waals surface area contributed by atoms with Crippen LogP contribution in [0.3, 0.4) is 0 Å². The average molecular weight is 319 g/mol. The van der Waals surface area contributed by atoms with Crippen molar-refractivity contribution in [3.8, 4) is 6.07 Å². The van der Waals surface area contributed by atoms with Gasteiger partial charge in [-0.3, -0.25) is 4.79 Å². The molecule has 4 nitrogen and oxygen atoms in total. The predicted molar refractivity (Wildman–Crippen MR) is 89.4 cm³/mol. The lowest BCUT2D eigenvalue weighted by molar-refractivity contribution is -0.121. The highest BCUT2D eigenvalue weighted by atomic mass is 32.1. The Kier molecular flexibility index (Phi) is 4.93. The van der Waals surface area contributed by atoms with E-state index < -0.39 is 5.54 Å². The van der Waals surface area contributed by atoms with Crippen LogP contribution < -0.4 is 10.6 Å². The molecular weight excluding hydrogens is 294 g/mol. The minimum absolute atomic E-state index is 0.0140. The Morgan fingerprint density at radius 2 is 2.14 bits per heavy atom. The number of nitrogens with one attached hydrogen (secondary N) is 2. The summed E-state index contributed by atoms with van der Waals surface area (Å²) in [7, 11) is 0. The summed E-state index contributed by atoms with van der Waals surface area (Å²) in [6.45, 7) is 8.52. The van der Waals surface area contributed by atoms with Gasteiger partial charge >= 0.3 is 0 Å². The zero-order chi connectivity index (χ0) is 16.4. The predicted octanol–water partition coefficient (Wildman–Crippen LogP) is 3.23. The largest absolute Gasteiger partial charge is 0.337 e. The zero-order valence-electron chi connectivity index (χ0n) is 13.8. The van der Waals surface area contributed by atoms with Crippen LogP contribution >= 0.6 is 11.3 Å². The number of hydrogen-bond acceptors (Lipinski definition) is 4. The molecular formula is C17H25N3OS. The van der Waals surface area contributed by atoms with E-state index in [0.29, 0.717) is 5.92 Å². The molecule has 1 heterocycles. The van der Waals surface area contributed by atoms with Gasteiger partial charge in [0, 0.05) is 10.9 Å². The maximum Gasteiger partial charge on any atom is 0.235 e. The summed E-state index contributed by atoms with van der Waals surface area (Å²) in [6.07, 6.45) is 2.05. The second kappa shape index (κ2) is 6.39. The maximum atomic E-state index is 12.2. The number of amides is 1. The van der Waals surface area contributed by atoms with E-state index in [0.717, 1.165) is 12.8 Å². The summed E-state index contributed by atoms with van der Waals surface area (Å²) in [4.78, 5) is 13.5. The Morgan fingerprint density at radius 3 is 2.59 bits per heavy atom. The molecule has 2 rings (SSSR count). The molecule has 1 amide bonds. The molecule has 120 valence electrons. The van der Waals surface area contributed by atoms with Gasteiger partial charge in [-0.1, -0.05) is 26.8 Å². The van der Waals surface area contributed by atoms with Crippen molar-refractivity contribution in [1.29, 1.82) is 5.26 Å². The molecule has 0 aliphatic heterocycles. The third-order valence-electron chi connectivity index (χ3n) is 4.19. The van der Waals surface area contributed by atoms with Crippen LogP contribution in [0, 0.1) is 22.7 Å². The molecule has 5 heteroatoms. The third kappa shape index (κ3) is 4.08. The van der Waals surface area contributed by atoms with E-state index in [2.05, 4.69) is 48.9 Å². The number of thiophene rings is 1. The van der Waals surface area contributed by atoms with Crippen LogP contribution in [0.4, 0.5) is 0 Å². The molecule has 1 aromatic heterocycles. The van der Waals surface area contributed by atoms with Gasteiger partial charge in [0.2, 0.25) is 5.91 Å². The summed E-state index contributed by atoms with van der Waals surface area (Å²) >= 11 is 1.70. The van der Waals surface area contributed by atoms with E-state index in [1.807, 2.05) is 13.0 Å². The first kappa shape index (κ1) is 17.0. The van der Waals surface area contributed by atoms with Gasteiger partial charge in [-0.25, -0.2) is 0 Å². The van der Waals surface area contributed by atoms with Crippen molar-refractivity contribution >= 4 is 17.2 Å². The lowest BCUT2D eigenvalue weighted by Gasteiger charge is -2.31. The van der Waals surface area contributed by atoms with Crippen molar-refractivity contribution in [1.82, 2.24) is 10.6 Å². The SMILES string of the molecule is CC(C)(C)[C@H](NCC(=O)N[C@@](C)(C#N)C1CC1)c1cccs1. The first-order valence-corrected chi connectivity index (χ1v) is 8.63. The number of carbonyl (C=O) groups is 1. The number of nitrogens with zero attached hydrogens (tertiary/aromatic N) is 1. The number of rotatable bonds is 6. The van der Waals surface area contributed by atoms with Crippen molar-refractivity contribution < 1.29 is 4.79 Å². The molecule has 0 unspecified atom stereocenters. The van der Waals surface area contributed by atoms with Gasteiger partial charge in [0.25, 0.3) is 0 Å². The van der Waals surface area contributed by atoms with Crippen LogP contribution in [0.2, 0.25) is 0 Å². The molecule has 1 fully saturated rings. The Bertz CT molecular complexity index is 551. The van der Waals surface area contributed by atoms with Crippen LogP contribution in [-0.2, 0) is 4.79 Å². The standard InChI is InChI=1S/C17H25N3OS/c1-16(2,3)15(13-6-5-9-22-13)19-10-14(21)20-17(4,11-18)12-7-8-12/h5-6,9,12,15,19H,7-8,10H2,1-4H3,(H,20,21)/t15-,17+/m1/s1. The molecule has 1 aliphatic rings. The van der Waals surface area contributed by atoms with Crippen molar-refractivity contribution in [2.45, 2.75) is 52.1 Å². The Balaban J connectivity index is 1.95. The second-order valence-corrected chi connectivity index (χ2v) is 8.31. The molecule has 0 spiro atoms. The molecule has 0 bridgehead atoms. The third-order valence-corrected chi connectivity index (χ3v) is 5.12. The summed E-state index contributed by atoms with van der Waals surface area (Å²) in [6, 6.07) is 6.50. The summed E-state index contributed by atoms with van der Waals surface area (Å²) in [5, 5.41) is 17.6. The van der Waals surface area contributed by atoms with Crippen molar-refractivity contribution in [2.75, 3.05) is 6.54 Å². The van der Waals surface area contributed by atoms with Crippen LogP contribution in [0.1, 0.15) is 51.5 Å². The van der Waals surface area contributed by atoms with Gasteiger partial charge in [0.05, 0.1) is 12.6 Å². The van der Waals surface area contributed by atoms with Crippen LogP contribution in [0.15, 0.2) is 17.5 Å². The Labute approximate surface area is 136 Å². The molecule has 2 N–H and O–H groups in total. The van der Waals surface area contributed by atoms with Gasteiger partial charge in [-0.15, -0.1) is 11.3 Å². The van der Waals surface area contributed by atoms with Gasteiger partial charge in [-0.05, 0) is 42.5 Å². The highest BCUT2D eigenvalue weighted by Gasteiger charge is 2.43. The minimum Gasteiger partial charge on any atom is -0.337 e. The van der Waals surface area contributed by atoms with Crippen LogP contribution in [0.25, 0.3) is 0 Å². The smallest absolute Gasteiger partial charge is 0.235 e. The van der Waals surface area contributed by atoms with Crippen molar-refractivity contribution in [3.63, 3.8) is 0 Å². The normalized spacial score (nSPS) is 19.0. The van der Waals surface area contributed by atoms with Gasteiger partial charge in [0.15, 0.2) is 0 Å². The van der Waals surface area contributed by atoms with E-state index in [9.17, 15) is 10.1 Å². The van der Waals surface area contributed by atoms with Crippen molar-refractivity contribution in [2.24, 2.45) is 11.3 Å². The fourth-order valence-corrected chi connectivity index (χ4v) is 3.74. The van der Waals surface area contributed by atoms with Crippen LogP contribution in [-0.4, -0.2) is 18.0 Å². The summed E-state index contributed by atoms with van der Waals surface area (Å²) < 4.78 is 0. The monoisotopic (exact) mass is 319 g/mol. The lowest BCUT2D eigenvalue weighted by atomic mass is 9.86. The molecule has 1 aliphatic carbocycles. The Morgan fingerprint density at radius 1 is 1.45 bits per heavy atom. The van der Waals surface area contributed by atoms with Crippen LogP contribution in [0.5, 0.6) is 0 Å². The molecule has 22 heavy (non-hydrogen) atoms. The molecule has 0 aromatic carbocycles. The molecule has 0 radical (unpaired) electrons. The van der Waals surface area contributed by atoms with Gasteiger partial charge in [-0.2, -0.15) is 5.26 Å². The first-order valence-electron chi connectivity index (χ1n) is 7.75. The minimum atomic E-state index is -0.723. The second-order valence-electron chi connectivity index (χ2n) is 7.33. The fourth-order valence-electron chi connectivity index (χ4n) is 2.70. The van der Waals surface area contributed by atoms with E-state index in [1.54, 1.807) is 11.3 Å². The average Bonchev–Trinajstić information content (AvgIpc) is 3.16. The van der Waals surface area contributed by atoms with E-state index >= 15 is 0 Å². The number of nitriles is 1. The maximum absolute atomic E-state index is 12.2. The molecule has 1 aromatic rings. The van der Waals surface area contributed by atoms with E-state index in [-0.39, 0.29) is 23.9 Å². The van der Waals surface area contributed by atoms with E-state index in [4.69, 9.17) is 0 Å². The zero-order valence-corrected chi connectivity index (χ0v) is 14.6. The summed E-state index contributed by atoms with van der Waals surface area (Å²) in [5.41, 5.74) is -0.709. The summed E-state index contributed by atoms with van der Waals surface area (Å²) in [5.74, 6) is 0.193.